The van der Waals surface area contributed by atoms with E-state index >= 15 is 0 Å². The van der Waals surface area contributed by atoms with E-state index < -0.39 is 0 Å². The van der Waals surface area contributed by atoms with Gasteiger partial charge in [0.05, 0.1) is 17.3 Å². The number of carbonyl (C=O) groups is 1. The summed E-state index contributed by atoms with van der Waals surface area (Å²) in [6.45, 7) is 0.796. The molecule has 2 aromatic rings. The van der Waals surface area contributed by atoms with E-state index in [0.29, 0.717) is 23.9 Å². The van der Waals surface area contributed by atoms with E-state index in [2.05, 4.69) is 16.4 Å². The number of hydrogen-bond acceptors (Lipinski definition) is 6. The fourth-order valence-electron chi connectivity index (χ4n) is 1.83. The lowest BCUT2D eigenvalue weighted by molar-refractivity contribution is -0.117. The van der Waals surface area contributed by atoms with Gasteiger partial charge in [0.25, 0.3) is 5.91 Å². The van der Waals surface area contributed by atoms with Gasteiger partial charge in [0.15, 0.2) is 5.13 Å². The smallest absolute Gasteiger partial charge is 0.295 e. The molecule has 3 rings (SSSR count). The van der Waals surface area contributed by atoms with Crippen molar-refractivity contribution in [2.45, 2.75) is 0 Å². The quantitative estimate of drug-likeness (QED) is 0.941. The average Bonchev–Trinajstić information content (AvgIpc) is 3.04. The number of benzene rings is 1. The molecule has 0 aliphatic carbocycles. The van der Waals surface area contributed by atoms with Crippen molar-refractivity contribution in [2.75, 3.05) is 18.5 Å². The highest BCUT2D eigenvalue weighted by atomic mass is 32.1. The van der Waals surface area contributed by atoms with E-state index in [0.717, 1.165) is 11.3 Å². The van der Waals surface area contributed by atoms with Gasteiger partial charge in [-0.15, -0.1) is 11.3 Å². The molecule has 0 atom stereocenters. The lowest BCUT2D eigenvalue weighted by atomic mass is 10.1. The second-order valence-corrected chi connectivity index (χ2v) is 5.24. The highest BCUT2D eigenvalue weighted by Crippen LogP contribution is 2.25. The summed E-state index contributed by atoms with van der Waals surface area (Å²) >= 11 is 1.32. The highest BCUT2D eigenvalue weighted by molar-refractivity contribution is 7.14. The second kappa shape index (κ2) is 6.28. The topological polar surface area (TPSA) is 84.2 Å². The Morgan fingerprint density at radius 2 is 2.14 bits per heavy atom. The van der Waals surface area contributed by atoms with Crippen molar-refractivity contribution in [1.82, 2.24) is 4.98 Å². The first-order chi connectivity index (χ1) is 10.8. The van der Waals surface area contributed by atoms with Crippen molar-refractivity contribution < 1.29 is 14.3 Å². The number of rotatable bonds is 3. The maximum Gasteiger partial charge on any atom is 0.295 e. The summed E-state index contributed by atoms with van der Waals surface area (Å²) in [6, 6.07) is 9.16. The number of thiazole rings is 1. The van der Waals surface area contributed by atoms with Gasteiger partial charge in [0.2, 0.25) is 5.76 Å². The van der Waals surface area contributed by atoms with Gasteiger partial charge in [-0.2, -0.15) is 5.26 Å². The van der Waals surface area contributed by atoms with E-state index in [-0.39, 0.29) is 11.7 Å². The molecule has 110 valence electrons. The third-order valence-corrected chi connectivity index (χ3v) is 3.67. The van der Waals surface area contributed by atoms with Crippen molar-refractivity contribution in [3.05, 3.63) is 47.2 Å². The maximum atomic E-state index is 11.9. The van der Waals surface area contributed by atoms with Crippen LogP contribution in [0.4, 0.5) is 5.13 Å². The lowest BCUT2D eigenvalue weighted by Crippen LogP contribution is -2.21. The molecule has 6 nitrogen and oxygen atoms in total. The molecule has 1 aliphatic rings. The van der Waals surface area contributed by atoms with Crippen molar-refractivity contribution in [1.29, 1.82) is 5.26 Å². The molecule has 0 fully saturated rings. The molecule has 7 heteroatoms. The van der Waals surface area contributed by atoms with Gasteiger partial charge in [-0.1, -0.05) is 12.1 Å². The molecule has 1 aliphatic heterocycles. The van der Waals surface area contributed by atoms with E-state index in [1.54, 1.807) is 12.1 Å². The summed E-state index contributed by atoms with van der Waals surface area (Å²) in [5.74, 6) is -0.248. The second-order valence-electron chi connectivity index (χ2n) is 4.38. The largest absolute Gasteiger partial charge is 0.494 e. The Balaban J connectivity index is 1.72. The van der Waals surface area contributed by atoms with E-state index in [1.165, 1.54) is 17.6 Å². The predicted molar refractivity (Wildman–Crippen MR) is 80.9 cm³/mol. The molecular weight excluding hydrogens is 302 g/mol. The van der Waals surface area contributed by atoms with Gasteiger partial charge in [0.1, 0.15) is 19.5 Å². The molecule has 0 saturated heterocycles. The Labute approximate surface area is 130 Å². The van der Waals surface area contributed by atoms with Crippen LogP contribution in [-0.4, -0.2) is 24.1 Å². The molecule has 1 aromatic carbocycles. The number of ether oxygens (including phenoxy) is 2. The Morgan fingerprint density at radius 1 is 1.32 bits per heavy atom. The van der Waals surface area contributed by atoms with Crippen LogP contribution in [0.1, 0.15) is 5.56 Å². The van der Waals surface area contributed by atoms with Gasteiger partial charge < -0.3 is 9.47 Å². The fraction of sp³-hybridized carbons (Fsp3) is 0.133. The average molecular weight is 313 g/mol. The summed E-state index contributed by atoms with van der Waals surface area (Å²) in [6.07, 6.45) is 1.30. The van der Waals surface area contributed by atoms with Crippen LogP contribution in [0.3, 0.4) is 0 Å². The van der Waals surface area contributed by atoms with E-state index in [9.17, 15) is 4.79 Å². The standard InChI is InChI=1S/C15H11N3O3S/c16-7-10-1-3-11(4-2-10)12-9-22-15(17-12)18-14(19)13-8-20-5-6-21-13/h1-4,8-9H,5-6H2,(H,17,18,19). The van der Waals surface area contributed by atoms with Gasteiger partial charge in [-0.05, 0) is 12.1 Å². The first-order valence-corrected chi connectivity index (χ1v) is 7.36. The minimum atomic E-state index is -0.388. The fourth-order valence-corrected chi connectivity index (χ4v) is 2.54. The molecule has 1 amide bonds. The zero-order chi connectivity index (χ0) is 15.4. The Morgan fingerprint density at radius 3 is 2.82 bits per heavy atom. The SMILES string of the molecule is N#Cc1ccc(-c2csc(NC(=O)C3=COCCO3)n2)cc1. The molecule has 22 heavy (non-hydrogen) atoms. The van der Waals surface area contributed by atoms with Crippen LogP contribution >= 0.6 is 11.3 Å². The molecule has 0 unspecified atom stereocenters. The molecule has 0 bridgehead atoms. The van der Waals surface area contributed by atoms with Gasteiger partial charge in [-0.3, -0.25) is 10.1 Å². The molecule has 0 radical (unpaired) electrons. The third-order valence-electron chi connectivity index (χ3n) is 2.91. The van der Waals surface area contributed by atoms with Gasteiger partial charge in [-0.25, -0.2) is 4.98 Å². The first kappa shape index (κ1) is 14.1. The summed E-state index contributed by atoms with van der Waals surface area (Å²) in [4.78, 5) is 16.3. The zero-order valence-electron chi connectivity index (χ0n) is 11.4. The van der Waals surface area contributed by atoms with Crippen molar-refractivity contribution in [3.8, 4) is 17.3 Å². The Bertz CT molecular complexity index is 759. The van der Waals surface area contributed by atoms with Crippen molar-refractivity contribution in [2.24, 2.45) is 0 Å². The zero-order valence-corrected chi connectivity index (χ0v) is 12.2. The van der Waals surface area contributed by atoms with Crippen LogP contribution in [0.15, 0.2) is 41.7 Å². The monoisotopic (exact) mass is 313 g/mol. The van der Waals surface area contributed by atoms with Crippen LogP contribution in [0.5, 0.6) is 0 Å². The van der Waals surface area contributed by atoms with Gasteiger partial charge in [0, 0.05) is 10.9 Å². The number of aromatic nitrogens is 1. The number of nitrogens with zero attached hydrogens (tertiary/aromatic N) is 2. The first-order valence-electron chi connectivity index (χ1n) is 6.48. The minimum absolute atomic E-state index is 0.140. The molecule has 1 aromatic heterocycles. The molecule has 0 spiro atoms. The minimum Gasteiger partial charge on any atom is -0.494 e. The normalized spacial score (nSPS) is 13.3. The maximum absolute atomic E-state index is 11.9. The number of carbonyl (C=O) groups excluding carboxylic acids is 1. The number of amides is 1. The molecular formula is C15H11N3O3S. The van der Waals surface area contributed by atoms with Crippen LogP contribution in [0.2, 0.25) is 0 Å². The number of nitrogens with one attached hydrogen (secondary N) is 1. The summed E-state index contributed by atoms with van der Waals surface area (Å²) in [7, 11) is 0. The van der Waals surface area contributed by atoms with E-state index in [4.69, 9.17) is 14.7 Å². The summed E-state index contributed by atoms with van der Waals surface area (Å²) < 4.78 is 10.2. The number of nitriles is 1. The highest BCUT2D eigenvalue weighted by Gasteiger charge is 2.16. The number of anilines is 1. The van der Waals surface area contributed by atoms with Crippen molar-refractivity contribution >= 4 is 22.4 Å². The summed E-state index contributed by atoms with van der Waals surface area (Å²) in [5.41, 5.74) is 2.21. The van der Waals surface area contributed by atoms with Crippen molar-refractivity contribution in [3.63, 3.8) is 0 Å². The molecule has 2 heterocycles. The lowest BCUT2D eigenvalue weighted by Gasteiger charge is -2.14. The molecule has 1 N–H and O–H groups in total. The summed E-state index contributed by atoms with van der Waals surface area (Å²) in [5, 5.41) is 13.8. The molecule has 0 saturated carbocycles. The number of hydrogen-bond donors (Lipinski definition) is 1. The van der Waals surface area contributed by atoms with Crippen LogP contribution in [0.25, 0.3) is 11.3 Å². The van der Waals surface area contributed by atoms with Crippen LogP contribution < -0.4 is 5.32 Å². The van der Waals surface area contributed by atoms with Crippen LogP contribution in [-0.2, 0) is 14.3 Å². The van der Waals surface area contributed by atoms with Crippen LogP contribution in [0, 0.1) is 11.3 Å². The Hall–Kier alpha value is -2.85. The predicted octanol–water partition coefficient (Wildman–Crippen LogP) is 2.51. The Kier molecular flexibility index (Phi) is 4.03. The van der Waals surface area contributed by atoms with Gasteiger partial charge >= 0.3 is 0 Å². The van der Waals surface area contributed by atoms with E-state index in [1.807, 2.05) is 17.5 Å². The third kappa shape index (κ3) is 3.07.